The summed E-state index contributed by atoms with van der Waals surface area (Å²) in [6, 6.07) is 30.6. The van der Waals surface area contributed by atoms with Crippen molar-refractivity contribution in [1.82, 2.24) is 0 Å². The Bertz CT molecular complexity index is 1360. The molecule has 0 spiro atoms. The topological polar surface area (TPSA) is 43.4 Å². The number of hydrogen-bond acceptors (Lipinski definition) is 3. The average Bonchev–Trinajstić information content (AvgIpc) is 3.61. The lowest BCUT2D eigenvalue weighted by atomic mass is 10.0. The molecule has 0 saturated heterocycles. The van der Waals surface area contributed by atoms with Crippen LogP contribution in [-0.2, 0) is 16.3 Å². The lowest BCUT2D eigenvalue weighted by molar-refractivity contribution is -0.137. The summed E-state index contributed by atoms with van der Waals surface area (Å²) in [6.45, 7) is 0. The van der Waals surface area contributed by atoms with Crippen LogP contribution in [0.2, 0.25) is 0 Å². The van der Waals surface area contributed by atoms with Crippen LogP contribution in [0.15, 0.2) is 114 Å². The van der Waals surface area contributed by atoms with Crippen molar-refractivity contribution in [2.75, 3.05) is 0 Å². The first-order chi connectivity index (χ1) is 16.7. The summed E-state index contributed by atoms with van der Waals surface area (Å²) in [5.74, 6) is 0.949. The summed E-state index contributed by atoms with van der Waals surface area (Å²) in [7, 11) is -4.27. The van der Waals surface area contributed by atoms with Gasteiger partial charge < -0.3 is 4.18 Å². The molecule has 1 fully saturated rings. The zero-order chi connectivity index (χ0) is 24.6. The second-order valence-electron chi connectivity index (χ2n) is 8.53. The third-order valence-corrected chi connectivity index (χ3v) is 7.59. The van der Waals surface area contributed by atoms with E-state index in [-0.39, 0.29) is 16.6 Å². The van der Waals surface area contributed by atoms with Crippen LogP contribution in [-0.4, -0.2) is 8.42 Å². The molecule has 5 rings (SSSR count). The maximum Gasteiger partial charge on any atom is 0.416 e. The van der Waals surface area contributed by atoms with E-state index >= 15 is 0 Å². The lowest BCUT2D eigenvalue weighted by Crippen LogP contribution is -2.11. The maximum absolute atomic E-state index is 12.8. The fourth-order valence-electron chi connectivity index (χ4n) is 4.64. The van der Waals surface area contributed by atoms with E-state index in [0.29, 0.717) is 11.8 Å². The minimum absolute atomic E-state index is 0.0989. The Balaban J connectivity index is 1.36. The van der Waals surface area contributed by atoms with E-state index in [1.165, 1.54) is 11.1 Å². The minimum atomic E-state index is -4.54. The molecule has 0 heterocycles. The molecule has 0 radical (unpaired) electrons. The standard InChI is InChI=1S/C28H21F3O3S/c29-28(30,31)22-13-17-24(18-14-22)35(32,33)34-23-15-11-21(12-16-23)27-25(19-7-3-1-4-8-19)26(27)20-9-5-2-6-10-20/h1-18,25-27H. The van der Waals surface area contributed by atoms with Crippen LogP contribution in [0.3, 0.4) is 0 Å². The summed E-state index contributed by atoms with van der Waals surface area (Å²) in [4.78, 5) is -0.343. The predicted octanol–water partition coefficient (Wildman–Crippen LogP) is 7.14. The molecule has 178 valence electrons. The van der Waals surface area contributed by atoms with Crippen molar-refractivity contribution < 1.29 is 25.8 Å². The van der Waals surface area contributed by atoms with Gasteiger partial charge in [-0.1, -0.05) is 72.8 Å². The van der Waals surface area contributed by atoms with Gasteiger partial charge in [0.15, 0.2) is 0 Å². The zero-order valence-corrected chi connectivity index (χ0v) is 19.2. The molecule has 1 aliphatic rings. The Morgan fingerprint density at radius 3 is 1.43 bits per heavy atom. The first-order valence-corrected chi connectivity index (χ1v) is 12.5. The SMILES string of the molecule is O=S(=O)(Oc1ccc(C2C(c3ccccc3)C2c2ccccc2)cc1)c1ccc(C(F)(F)F)cc1. The summed E-state index contributed by atoms with van der Waals surface area (Å²) in [6.07, 6.45) is -4.54. The molecule has 0 aliphatic heterocycles. The molecule has 2 atom stereocenters. The highest BCUT2D eigenvalue weighted by molar-refractivity contribution is 7.87. The average molecular weight is 495 g/mol. The van der Waals surface area contributed by atoms with E-state index in [1.807, 2.05) is 48.5 Å². The summed E-state index contributed by atoms with van der Waals surface area (Å²) in [5, 5.41) is 0. The quantitative estimate of drug-likeness (QED) is 0.268. The molecular formula is C28H21F3O3S. The number of benzene rings is 4. The number of hydrogen-bond donors (Lipinski definition) is 0. The van der Waals surface area contributed by atoms with Crippen LogP contribution in [0.25, 0.3) is 0 Å². The molecule has 4 aromatic rings. The van der Waals surface area contributed by atoms with Crippen LogP contribution in [0.5, 0.6) is 5.75 Å². The molecule has 1 saturated carbocycles. The third-order valence-electron chi connectivity index (χ3n) is 6.33. The van der Waals surface area contributed by atoms with Crippen LogP contribution in [0.4, 0.5) is 13.2 Å². The molecule has 35 heavy (non-hydrogen) atoms. The van der Waals surface area contributed by atoms with E-state index < -0.39 is 21.9 Å². The van der Waals surface area contributed by atoms with E-state index in [9.17, 15) is 21.6 Å². The van der Waals surface area contributed by atoms with Crippen molar-refractivity contribution in [2.45, 2.75) is 28.8 Å². The van der Waals surface area contributed by atoms with Crippen molar-refractivity contribution in [3.05, 3.63) is 131 Å². The molecule has 0 bridgehead atoms. The lowest BCUT2D eigenvalue weighted by Gasteiger charge is -2.10. The number of rotatable bonds is 6. The highest BCUT2D eigenvalue weighted by Crippen LogP contribution is 2.66. The number of halogens is 3. The molecular weight excluding hydrogens is 473 g/mol. The van der Waals surface area contributed by atoms with Gasteiger partial charge in [0.2, 0.25) is 0 Å². The molecule has 0 aromatic heterocycles. The smallest absolute Gasteiger partial charge is 0.379 e. The van der Waals surface area contributed by atoms with Gasteiger partial charge in [-0.05, 0) is 70.8 Å². The largest absolute Gasteiger partial charge is 0.416 e. The van der Waals surface area contributed by atoms with Crippen LogP contribution < -0.4 is 4.18 Å². The van der Waals surface area contributed by atoms with E-state index in [0.717, 1.165) is 29.8 Å². The van der Waals surface area contributed by atoms with Crippen molar-refractivity contribution in [3.63, 3.8) is 0 Å². The second kappa shape index (κ2) is 8.89. The highest BCUT2D eigenvalue weighted by Gasteiger charge is 2.52. The molecule has 3 nitrogen and oxygen atoms in total. The van der Waals surface area contributed by atoms with Gasteiger partial charge in [0.1, 0.15) is 10.6 Å². The van der Waals surface area contributed by atoms with Gasteiger partial charge in [-0.25, -0.2) is 0 Å². The molecule has 4 aromatic carbocycles. The van der Waals surface area contributed by atoms with E-state index in [2.05, 4.69) is 24.3 Å². The van der Waals surface area contributed by atoms with Gasteiger partial charge in [-0.15, -0.1) is 0 Å². The molecule has 2 unspecified atom stereocenters. The summed E-state index contributed by atoms with van der Waals surface area (Å²) in [5.41, 5.74) is 2.63. The van der Waals surface area contributed by atoms with Gasteiger partial charge in [0, 0.05) is 0 Å². The van der Waals surface area contributed by atoms with Crippen LogP contribution >= 0.6 is 0 Å². The van der Waals surface area contributed by atoms with Crippen LogP contribution in [0.1, 0.15) is 40.0 Å². The Hall–Kier alpha value is -3.58. The van der Waals surface area contributed by atoms with Gasteiger partial charge >= 0.3 is 16.3 Å². The van der Waals surface area contributed by atoms with Gasteiger partial charge in [-0.2, -0.15) is 21.6 Å². The monoisotopic (exact) mass is 494 g/mol. The molecule has 1 aliphatic carbocycles. The maximum atomic E-state index is 12.8. The van der Waals surface area contributed by atoms with E-state index in [1.54, 1.807) is 12.1 Å². The van der Waals surface area contributed by atoms with E-state index in [4.69, 9.17) is 4.18 Å². The zero-order valence-electron chi connectivity index (χ0n) is 18.4. The number of alkyl halides is 3. The Morgan fingerprint density at radius 2 is 1.00 bits per heavy atom. The van der Waals surface area contributed by atoms with Crippen LogP contribution in [0, 0.1) is 0 Å². The Morgan fingerprint density at radius 1 is 0.571 bits per heavy atom. The predicted molar refractivity (Wildman–Crippen MR) is 127 cm³/mol. The van der Waals surface area contributed by atoms with Crippen molar-refractivity contribution in [3.8, 4) is 5.75 Å². The van der Waals surface area contributed by atoms with Crippen molar-refractivity contribution >= 4 is 10.1 Å². The first-order valence-electron chi connectivity index (χ1n) is 11.1. The van der Waals surface area contributed by atoms with Gasteiger partial charge in [0.05, 0.1) is 5.56 Å². The Kier molecular flexibility index (Phi) is 5.89. The molecule has 0 N–H and O–H groups in total. The van der Waals surface area contributed by atoms with Gasteiger partial charge in [0.25, 0.3) is 0 Å². The van der Waals surface area contributed by atoms with Crippen molar-refractivity contribution in [2.24, 2.45) is 0 Å². The minimum Gasteiger partial charge on any atom is -0.379 e. The van der Waals surface area contributed by atoms with Gasteiger partial charge in [-0.3, -0.25) is 0 Å². The van der Waals surface area contributed by atoms with Crippen molar-refractivity contribution in [1.29, 1.82) is 0 Å². The second-order valence-corrected chi connectivity index (χ2v) is 10.1. The normalized spacial score (nSPS) is 19.8. The first kappa shape index (κ1) is 23.2. The fourth-order valence-corrected chi connectivity index (χ4v) is 5.57. The fraction of sp³-hybridized carbons (Fsp3) is 0.143. The summed E-state index contributed by atoms with van der Waals surface area (Å²) < 4.78 is 68.6. The highest BCUT2D eigenvalue weighted by atomic mass is 32.2. The third kappa shape index (κ3) is 4.82. The Labute approximate surface area is 202 Å². The molecule has 7 heteroatoms. The summed E-state index contributed by atoms with van der Waals surface area (Å²) >= 11 is 0. The molecule has 0 amide bonds.